The van der Waals surface area contributed by atoms with E-state index >= 15 is 0 Å². The lowest BCUT2D eigenvalue weighted by atomic mass is 9.75. The normalized spacial score (nSPS) is 27.5. The van der Waals surface area contributed by atoms with Crippen molar-refractivity contribution in [1.29, 1.82) is 0 Å². The number of aliphatic hydroxyl groups is 1. The van der Waals surface area contributed by atoms with Crippen molar-refractivity contribution in [3.05, 3.63) is 0 Å². The summed E-state index contributed by atoms with van der Waals surface area (Å²) >= 11 is 0. The molecule has 1 saturated heterocycles. The molecule has 2 aliphatic rings. The summed E-state index contributed by atoms with van der Waals surface area (Å²) in [6.07, 6.45) is 6.77. The molecule has 112 valence electrons. The molecule has 0 aromatic rings. The Kier molecular flexibility index (Phi) is 5.22. The molecule has 0 aromatic heterocycles. The summed E-state index contributed by atoms with van der Waals surface area (Å²) in [5, 5.41) is 9.56. The minimum Gasteiger partial charge on any atom is -0.396 e. The second kappa shape index (κ2) is 6.52. The molecule has 19 heavy (non-hydrogen) atoms. The van der Waals surface area contributed by atoms with Gasteiger partial charge in [0, 0.05) is 25.2 Å². The van der Waals surface area contributed by atoms with Gasteiger partial charge in [-0.25, -0.2) is 13.1 Å². The standard InChI is InChI=1S/C13H25NO4S/c15-11-13(6-2-1-3-7-13)10-14-19(16,17)9-12-5-4-8-18-12/h12,14-15H,1-11H2. The van der Waals surface area contributed by atoms with Crippen molar-refractivity contribution in [2.24, 2.45) is 5.41 Å². The van der Waals surface area contributed by atoms with Crippen molar-refractivity contribution >= 4 is 10.0 Å². The van der Waals surface area contributed by atoms with Crippen LogP contribution in [-0.2, 0) is 14.8 Å². The Bertz CT molecular complexity index is 370. The molecule has 2 rings (SSSR count). The Balaban J connectivity index is 1.85. The van der Waals surface area contributed by atoms with E-state index in [0.717, 1.165) is 38.5 Å². The number of hydrogen-bond acceptors (Lipinski definition) is 4. The first-order valence-corrected chi connectivity index (χ1v) is 8.90. The zero-order valence-corrected chi connectivity index (χ0v) is 12.3. The SMILES string of the molecule is O=S(=O)(CC1CCCO1)NCC1(CO)CCCCC1. The van der Waals surface area contributed by atoms with Gasteiger partial charge >= 0.3 is 0 Å². The maximum absolute atomic E-state index is 12.0. The van der Waals surface area contributed by atoms with Crippen LogP contribution in [0.1, 0.15) is 44.9 Å². The van der Waals surface area contributed by atoms with E-state index in [2.05, 4.69) is 4.72 Å². The quantitative estimate of drug-likeness (QED) is 0.766. The highest BCUT2D eigenvalue weighted by Crippen LogP contribution is 2.35. The summed E-state index contributed by atoms with van der Waals surface area (Å²) in [4.78, 5) is 0. The molecular weight excluding hydrogens is 266 g/mol. The van der Waals surface area contributed by atoms with E-state index in [1.165, 1.54) is 6.42 Å². The van der Waals surface area contributed by atoms with Crippen LogP contribution in [0.5, 0.6) is 0 Å². The number of hydrogen-bond donors (Lipinski definition) is 2. The number of aliphatic hydroxyl groups excluding tert-OH is 1. The van der Waals surface area contributed by atoms with Gasteiger partial charge in [-0.2, -0.15) is 0 Å². The minimum atomic E-state index is -3.30. The van der Waals surface area contributed by atoms with Crippen LogP contribution in [0.4, 0.5) is 0 Å². The van der Waals surface area contributed by atoms with Gasteiger partial charge in [-0.15, -0.1) is 0 Å². The van der Waals surface area contributed by atoms with E-state index in [4.69, 9.17) is 4.74 Å². The predicted molar refractivity (Wildman–Crippen MR) is 73.4 cm³/mol. The molecule has 2 fully saturated rings. The number of rotatable bonds is 6. The Morgan fingerprint density at radius 3 is 2.53 bits per heavy atom. The van der Waals surface area contributed by atoms with Crippen LogP contribution in [0, 0.1) is 5.41 Å². The van der Waals surface area contributed by atoms with Gasteiger partial charge in [-0.05, 0) is 25.7 Å². The molecular formula is C13H25NO4S. The maximum Gasteiger partial charge on any atom is 0.214 e. The van der Waals surface area contributed by atoms with Gasteiger partial charge in [0.05, 0.1) is 11.9 Å². The first kappa shape index (κ1) is 15.2. The fourth-order valence-electron chi connectivity index (χ4n) is 3.04. The van der Waals surface area contributed by atoms with E-state index in [9.17, 15) is 13.5 Å². The molecule has 1 saturated carbocycles. The second-order valence-electron chi connectivity index (χ2n) is 5.96. The van der Waals surface area contributed by atoms with Gasteiger partial charge in [0.1, 0.15) is 0 Å². The monoisotopic (exact) mass is 291 g/mol. The van der Waals surface area contributed by atoms with Crippen molar-refractivity contribution in [3.8, 4) is 0 Å². The predicted octanol–water partition coefficient (Wildman–Crippen LogP) is 1.03. The summed E-state index contributed by atoms with van der Waals surface area (Å²) in [5.74, 6) is 0.0501. The van der Waals surface area contributed by atoms with Crippen LogP contribution in [0.15, 0.2) is 0 Å². The first-order chi connectivity index (χ1) is 9.05. The highest BCUT2D eigenvalue weighted by atomic mass is 32.2. The van der Waals surface area contributed by atoms with Crippen LogP contribution >= 0.6 is 0 Å². The first-order valence-electron chi connectivity index (χ1n) is 7.25. The third kappa shape index (κ3) is 4.41. The van der Waals surface area contributed by atoms with E-state index in [0.29, 0.717) is 13.2 Å². The van der Waals surface area contributed by atoms with Crippen molar-refractivity contribution in [3.63, 3.8) is 0 Å². The molecule has 0 amide bonds. The van der Waals surface area contributed by atoms with Crippen molar-refractivity contribution < 1.29 is 18.3 Å². The molecule has 1 aliphatic carbocycles. The zero-order chi connectivity index (χ0) is 13.8. The molecule has 0 bridgehead atoms. The lowest BCUT2D eigenvalue weighted by molar-refractivity contribution is 0.0864. The topological polar surface area (TPSA) is 75.6 Å². The van der Waals surface area contributed by atoms with E-state index < -0.39 is 10.0 Å². The highest BCUT2D eigenvalue weighted by Gasteiger charge is 2.33. The van der Waals surface area contributed by atoms with Gasteiger partial charge < -0.3 is 9.84 Å². The third-order valence-corrected chi connectivity index (χ3v) is 5.74. The fourth-order valence-corrected chi connectivity index (χ4v) is 4.43. The molecule has 5 nitrogen and oxygen atoms in total. The van der Waals surface area contributed by atoms with Crippen LogP contribution in [0.3, 0.4) is 0 Å². The van der Waals surface area contributed by atoms with Crippen LogP contribution in [-0.4, -0.2) is 45.1 Å². The molecule has 0 aromatic carbocycles. The molecule has 6 heteroatoms. The van der Waals surface area contributed by atoms with Crippen LogP contribution < -0.4 is 4.72 Å². The molecule has 1 heterocycles. The molecule has 1 atom stereocenters. The molecule has 1 aliphatic heterocycles. The fraction of sp³-hybridized carbons (Fsp3) is 1.00. The van der Waals surface area contributed by atoms with E-state index in [1.54, 1.807) is 0 Å². The minimum absolute atomic E-state index is 0.0501. The summed E-state index contributed by atoms with van der Waals surface area (Å²) < 4.78 is 32.1. The summed E-state index contributed by atoms with van der Waals surface area (Å²) in [6.45, 7) is 1.09. The van der Waals surface area contributed by atoms with Gasteiger partial charge in [0.15, 0.2) is 0 Å². The zero-order valence-electron chi connectivity index (χ0n) is 11.4. The number of nitrogens with one attached hydrogen (secondary N) is 1. The number of sulfonamides is 1. The van der Waals surface area contributed by atoms with E-state index in [1.807, 2.05) is 0 Å². The molecule has 1 unspecified atom stereocenters. The molecule has 0 spiro atoms. The Morgan fingerprint density at radius 1 is 1.21 bits per heavy atom. The van der Waals surface area contributed by atoms with Crippen molar-refractivity contribution in [1.82, 2.24) is 4.72 Å². The summed E-state index contributed by atoms with van der Waals surface area (Å²) in [6, 6.07) is 0. The maximum atomic E-state index is 12.0. The van der Waals surface area contributed by atoms with Crippen LogP contribution in [0.2, 0.25) is 0 Å². The Morgan fingerprint density at radius 2 is 1.95 bits per heavy atom. The van der Waals surface area contributed by atoms with E-state index in [-0.39, 0.29) is 23.9 Å². The molecule has 2 N–H and O–H groups in total. The smallest absolute Gasteiger partial charge is 0.214 e. The van der Waals surface area contributed by atoms with Crippen molar-refractivity contribution in [2.75, 3.05) is 25.5 Å². The van der Waals surface area contributed by atoms with Gasteiger partial charge in [0.25, 0.3) is 0 Å². The number of ether oxygens (including phenoxy) is 1. The molecule has 0 radical (unpaired) electrons. The lowest BCUT2D eigenvalue weighted by Gasteiger charge is -2.35. The third-order valence-electron chi connectivity index (χ3n) is 4.35. The highest BCUT2D eigenvalue weighted by molar-refractivity contribution is 7.89. The summed E-state index contributed by atoms with van der Waals surface area (Å²) in [5.41, 5.74) is -0.248. The Hall–Kier alpha value is -0.170. The van der Waals surface area contributed by atoms with Gasteiger partial charge in [0.2, 0.25) is 10.0 Å². The average molecular weight is 291 g/mol. The summed E-state index contributed by atoms with van der Waals surface area (Å²) in [7, 11) is -3.30. The largest absolute Gasteiger partial charge is 0.396 e. The van der Waals surface area contributed by atoms with Crippen LogP contribution in [0.25, 0.3) is 0 Å². The lowest BCUT2D eigenvalue weighted by Crippen LogP contribution is -2.43. The van der Waals surface area contributed by atoms with Gasteiger partial charge in [-0.3, -0.25) is 0 Å². The van der Waals surface area contributed by atoms with Gasteiger partial charge in [-0.1, -0.05) is 19.3 Å². The van der Waals surface area contributed by atoms with Crippen molar-refractivity contribution in [2.45, 2.75) is 51.0 Å². The average Bonchev–Trinajstić information content (AvgIpc) is 2.90. The second-order valence-corrected chi connectivity index (χ2v) is 7.81. The Labute approximate surface area is 115 Å².